The first-order valence-electron chi connectivity index (χ1n) is 10.6. The summed E-state index contributed by atoms with van der Waals surface area (Å²) in [5.41, 5.74) is 3.95. The molecule has 2 aliphatic heterocycles. The minimum atomic E-state index is -3.77. The summed E-state index contributed by atoms with van der Waals surface area (Å²) < 4.78 is 28.5. The largest absolute Gasteiger partial charge is 0.496 e. The number of ether oxygens (including phenoxy) is 1. The van der Waals surface area contributed by atoms with E-state index in [1.54, 1.807) is 12.0 Å². The maximum Gasteiger partial charge on any atom is 0.322 e. The van der Waals surface area contributed by atoms with Crippen LogP contribution in [0, 0.1) is 0 Å². The number of likely N-dealkylation sites (N-methyl/N-ethyl adjacent to an activating group) is 1. The van der Waals surface area contributed by atoms with Crippen molar-refractivity contribution in [3.05, 3.63) is 47.5 Å². The highest BCUT2D eigenvalue weighted by molar-refractivity contribution is 7.89. The molecule has 10 heteroatoms. The van der Waals surface area contributed by atoms with E-state index in [1.165, 1.54) is 24.3 Å². The fourth-order valence-corrected chi connectivity index (χ4v) is 4.78. The Balaban J connectivity index is 1.53. The van der Waals surface area contributed by atoms with Crippen LogP contribution >= 0.6 is 0 Å². The third-order valence-corrected chi connectivity index (χ3v) is 7.06. The fourth-order valence-electron chi connectivity index (χ4n) is 4.27. The summed E-state index contributed by atoms with van der Waals surface area (Å²) in [6.45, 7) is 4.93. The summed E-state index contributed by atoms with van der Waals surface area (Å²) in [5, 5.41) is 7.99. The zero-order chi connectivity index (χ0) is 22.9. The highest BCUT2D eigenvalue weighted by atomic mass is 32.2. The number of primary sulfonamides is 1. The van der Waals surface area contributed by atoms with E-state index in [0.29, 0.717) is 25.2 Å². The molecule has 2 aromatic rings. The Morgan fingerprint density at radius 2 is 1.69 bits per heavy atom. The number of urea groups is 1. The fraction of sp³-hybridized carbons (Fsp3) is 0.409. The molecule has 2 heterocycles. The number of carbonyl (C=O) groups excluding carboxylic acids is 1. The number of nitrogens with two attached hydrogens (primary N) is 1. The molecule has 0 unspecified atom stereocenters. The van der Waals surface area contributed by atoms with Crippen molar-refractivity contribution in [2.75, 3.05) is 57.1 Å². The standard InChI is InChI=1S/C22H29N5O4S/c1-25-11-13-26(14-12-25)20-7-8-21(31-2)18-9-10-27(15-19(18)20)22(28)24-16-3-5-17(6-4-16)32(23,29)30/h3-8H,9-15H2,1-2H3,(H,24,28)(H2,23,29,30). The van der Waals surface area contributed by atoms with E-state index in [0.717, 1.165) is 48.7 Å². The summed E-state index contributed by atoms with van der Waals surface area (Å²) in [6.07, 6.45) is 0.706. The molecule has 0 bridgehead atoms. The molecule has 0 atom stereocenters. The van der Waals surface area contributed by atoms with Crippen LogP contribution in [0.2, 0.25) is 0 Å². The van der Waals surface area contributed by atoms with Crippen molar-refractivity contribution in [2.45, 2.75) is 17.9 Å². The molecule has 2 aromatic carbocycles. The number of hydrogen-bond acceptors (Lipinski definition) is 6. The molecule has 32 heavy (non-hydrogen) atoms. The van der Waals surface area contributed by atoms with Crippen LogP contribution in [-0.2, 0) is 23.0 Å². The Kier molecular flexibility index (Phi) is 6.27. The minimum Gasteiger partial charge on any atom is -0.496 e. The zero-order valence-electron chi connectivity index (χ0n) is 18.4. The lowest BCUT2D eigenvalue weighted by Gasteiger charge is -2.38. The van der Waals surface area contributed by atoms with Crippen molar-refractivity contribution in [1.82, 2.24) is 9.80 Å². The Labute approximate surface area is 188 Å². The van der Waals surface area contributed by atoms with Crippen molar-refractivity contribution in [3.63, 3.8) is 0 Å². The van der Waals surface area contributed by atoms with Gasteiger partial charge in [-0.3, -0.25) is 0 Å². The van der Waals surface area contributed by atoms with Gasteiger partial charge in [-0.05, 0) is 49.9 Å². The van der Waals surface area contributed by atoms with Crippen LogP contribution in [0.5, 0.6) is 5.75 Å². The number of piperazine rings is 1. The summed E-state index contributed by atoms with van der Waals surface area (Å²) >= 11 is 0. The predicted octanol–water partition coefficient (Wildman–Crippen LogP) is 1.68. The molecule has 3 N–H and O–H groups in total. The molecule has 0 aromatic heterocycles. The first kappa shape index (κ1) is 22.4. The van der Waals surface area contributed by atoms with Gasteiger partial charge >= 0.3 is 6.03 Å². The van der Waals surface area contributed by atoms with Crippen LogP contribution in [0.3, 0.4) is 0 Å². The van der Waals surface area contributed by atoms with E-state index >= 15 is 0 Å². The Hall–Kier alpha value is -2.82. The van der Waals surface area contributed by atoms with Crippen molar-refractivity contribution >= 4 is 27.4 Å². The van der Waals surface area contributed by atoms with Crippen LogP contribution in [0.15, 0.2) is 41.3 Å². The number of benzene rings is 2. The molecule has 2 amide bonds. The monoisotopic (exact) mass is 459 g/mol. The van der Waals surface area contributed by atoms with Crippen molar-refractivity contribution in [1.29, 1.82) is 0 Å². The number of amides is 2. The number of carbonyl (C=O) groups is 1. The van der Waals surface area contributed by atoms with E-state index in [4.69, 9.17) is 9.88 Å². The molecule has 0 spiro atoms. The second-order valence-corrected chi connectivity index (χ2v) is 9.77. The van der Waals surface area contributed by atoms with Crippen LogP contribution in [0.1, 0.15) is 11.1 Å². The third kappa shape index (κ3) is 4.67. The number of nitrogens with zero attached hydrogens (tertiary/aromatic N) is 3. The molecule has 0 saturated carbocycles. The van der Waals surface area contributed by atoms with Crippen molar-refractivity contribution < 1.29 is 17.9 Å². The molecule has 1 fully saturated rings. The van der Waals surface area contributed by atoms with Crippen LogP contribution < -0.4 is 20.1 Å². The summed E-state index contributed by atoms with van der Waals surface area (Å²) in [5.74, 6) is 0.858. The second kappa shape index (κ2) is 8.97. The lowest BCUT2D eigenvalue weighted by molar-refractivity contribution is 0.206. The number of hydrogen-bond donors (Lipinski definition) is 2. The average Bonchev–Trinajstić information content (AvgIpc) is 2.78. The van der Waals surface area contributed by atoms with Crippen LogP contribution in [0.25, 0.3) is 0 Å². The molecule has 172 valence electrons. The Morgan fingerprint density at radius 1 is 1.00 bits per heavy atom. The van der Waals surface area contributed by atoms with Gasteiger partial charge in [-0.25, -0.2) is 18.4 Å². The molecular weight excluding hydrogens is 430 g/mol. The molecule has 0 radical (unpaired) electrons. The molecular formula is C22H29N5O4S. The van der Waals surface area contributed by atoms with Gasteiger partial charge in [-0.15, -0.1) is 0 Å². The quantitative estimate of drug-likeness (QED) is 0.720. The van der Waals surface area contributed by atoms with Crippen LogP contribution in [-0.4, -0.2) is 71.1 Å². The maximum atomic E-state index is 13.0. The van der Waals surface area contributed by atoms with E-state index in [1.807, 2.05) is 6.07 Å². The number of fused-ring (bicyclic) bond motifs is 1. The SMILES string of the molecule is COc1ccc(N2CCN(C)CC2)c2c1CCN(C(=O)Nc1ccc(S(N)(=O)=O)cc1)C2. The van der Waals surface area contributed by atoms with Crippen molar-refractivity contribution in [2.24, 2.45) is 5.14 Å². The lowest BCUT2D eigenvalue weighted by atomic mass is 9.96. The lowest BCUT2D eigenvalue weighted by Crippen LogP contribution is -2.46. The number of sulfonamides is 1. The van der Waals surface area contributed by atoms with Gasteiger partial charge in [0.25, 0.3) is 0 Å². The second-order valence-electron chi connectivity index (χ2n) is 8.21. The Morgan fingerprint density at radius 3 is 2.31 bits per heavy atom. The third-order valence-electron chi connectivity index (χ3n) is 6.13. The topological polar surface area (TPSA) is 108 Å². The summed E-state index contributed by atoms with van der Waals surface area (Å²) in [4.78, 5) is 19.4. The summed E-state index contributed by atoms with van der Waals surface area (Å²) in [6, 6.07) is 9.72. The van der Waals surface area contributed by atoms with Gasteiger partial charge in [0.05, 0.1) is 12.0 Å². The molecule has 2 aliphatic rings. The number of rotatable bonds is 4. The van der Waals surface area contributed by atoms with Gasteiger partial charge in [0, 0.05) is 61.8 Å². The number of methoxy groups -OCH3 is 1. The van der Waals surface area contributed by atoms with Gasteiger partial charge < -0.3 is 24.8 Å². The first-order chi connectivity index (χ1) is 15.3. The zero-order valence-corrected chi connectivity index (χ0v) is 19.2. The van der Waals surface area contributed by atoms with Gasteiger partial charge in [0.2, 0.25) is 10.0 Å². The number of anilines is 2. The minimum absolute atomic E-state index is 0.00584. The average molecular weight is 460 g/mol. The smallest absolute Gasteiger partial charge is 0.322 e. The molecule has 4 rings (SSSR count). The van der Waals surface area contributed by atoms with Crippen molar-refractivity contribution in [3.8, 4) is 5.75 Å². The van der Waals surface area contributed by atoms with Gasteiger partial charge in [0.15, 0.2) is 0 Å². The summed E-state index contributed by atoms with van der Waals surface area (Å²) in [7, 11) is 0.0331. The Bertz CT molecular complexity index is 1100. The highest BCUT2D eigenvalue weighted by Crippen LogP contribution is 2.36. The van der Waals surface area contributed by atoms with E-state index in [-0.39, 0.29) is 10.9 Å². The number of nitrogens with one attached hydrogen (secondary N) is 1. The molecule has 9 nitrogen and oxygen atoms in total. The first-order valence-corrected chi connectivity index (χ1v) is 12.1. The molecule has 1 saturated heterocycles. The van der Waals surface area contributed by atoms with Crippen LogP contribution in [0.4, 0.5) is 16.2 Å². The molecule has 0 aliphatic carbocycles. The maximum absolute atomic E-state index is 13.0. The highest BCUT2D eigenvalue weighted by Gasteiger charge is 2.28. The van der Waals surface area contributed by atoms with Gasteiger partial charge in [-0.2, -0.15) is 0 Å². The van der Waals surface area contributed by atoms with Gasteiger partial charge in [-0.1, -0.05) is 0 Å². The predicted molar refractivity (Wildman–Crippen MR) is 124 cm³/mol. The van der Waals surface area contributed by atoms with E-state index in [9.17, 15) is 13.2 Å². The normalized spacial score (nSPS) is 17.1. The van der Waals surface area contributed by atoms with E-state index in [2.05, 4.69) is 28.2 Å². The van der Waals surface area contributed by atoms with E-state index < -0.39 is 10.0 Å². The van der Waals surface area contributed by atoms with Gasteiger partial charge in [0.1, 0.15) is 5.75 Å².